The molecule has 0 aromatic carbocycles. The standard InChI is InChI=1S/C62H108O6/c1-4-7-10-13-16-19-22-25-27-29-31-33-34-37-40-43-46-49-52-55-61(64)67-58-59(57-66-60(63)54-51-48-45-42-39-36-24-21-18-15-12-9-6-3)68-62(65)56-53-50-47-44-41-38-35-32-30-28-26-23-20-17-14-11-8-5-2/h9,12,18,21,25,27-28,30,36,39,45,48,59H,4-8,10-11,13-17,19-20,22-24,26,29,31-35,37-38,40-44,46-47,49-58H2,1-3H3/b12-9-,21-18-,27-25-,30-28-,39-36-,48-45-. The number of hydrogen-bond donors (Lipinski definition) is 0. The Bertz CT molecular complexity index is 1270. The summed E-state index contributed by atoms with van der Waals surface area (Å²) in [5, 5.41) is 0. The highest BCUT2D eigenvalue weighted by Crippen LogP contribution is 2.15. The van der Waals surface area contributed by atoms with Gasteiger partial charge in [0.05, 0.1) is 0 Å². The van der Waals surface area contributed by atoms with Crippen LogP contribution in [0.3, 0.4) is 0 Å². The zero-order chi connectivity index (χ0) is 49.3. The third-order valence-electron chi connectivity index (χ3n) is 12.4. The van der Waals surface area contributed by atoms with Gasteiger partial charge in [0.1, 0.15) is 13.2 Å². The van der Waals surface area contributed by atoms with Gasteiger partial charge in [0.25, 0.3) is 0 Å². The minimum Gasteiger partial charge on any atom is -0.462 e. The molecule has 6 nitrogen and oxygen atoms in total. The normalized spacial score (nSPS) is 12.6. The molecule has 6 heteroatoms. The van der Waals surface area contributed by atoms with E-state index >= 15 is 0 Å². The molecule has 0 aliphatic carbocycles. The van der Waals surface area contributed by atoms with Crippen LogP contribution < -0.4 is 0 Å². The molecule has 0 heterocycles. The fraction of sp³-hybridized carbons (Fsp3) is 0.758. The summed E-state index contributed by atoms with van der Waals surface area (Å²) in [7, 11) is 0. The number of unbranched alkanes of at least 4 members (excludes halogenated alkanes) is 29. The van der Waals surface area contributed by atoms with Gasteiger partial charge in [-0.05, 0) is 96.3 Å². The van der Waals surface area contributed by atoms with Gasteiger partial charge in [0.15, 0.2) is 6.10 Å². The van der Waals surface area contributed by atoms with Gasteiger partial charge in [-0.3, -0.25) is 14.4 Å². The van der Waals surface area contributed by atoms with E-state index < -0.39 is 6.10 Å². The monoisotopic (exact) mass is 949 g/mol. The van der Waals surface area contributed by atoms with Gasteiger partial charge >= 0.3 is 17.9 Å². The molecule has 0 N–H and O–H groups in total. The molecule has 0 fully saturated rings. The maximum Gasteiger partial charge on any atom is 0.306 e. The summed E-state index contributed by atoms with van der Waals surface area (Å²) in [6.07, 6.45) is 72.0. The Balaban J connectivity index is 4.41. The Morgan fingerprint density at radius 3 is 0.985 bits per heavy atom. The van der Waals surface area contributed by atoms with Gasteiger partial charge in [-0.15, -0.1) is 0 Å². The summed E-state index contributed by atoms with van der Waals surface area (Å²) in [6, 6.07) is 0. The van der Waals surface area contributed by atoms with Crippen molar-refractivity contribution in [1.82, 2.24) is 0 Å². The van der Waals surface area contributed by atoms with Crippen molar-refractivity contribution in [1.29, 1.82) is 0 Å². The van der Waals surface area contributed by atoms with E-state index in [1.54, 1.807) is 0 Å². The van der Waals surface area contributed by atoms with Crippen LogP contribution in [0.15, 0.2) is 72.9 Å². The van der Waals surface area contributed by atoms with Crippen molar-refractivity contribution in [2.75, 3.05) is 13.2 Å². The first-order valence-electron chi connectivity index (χ1n) is 28.9. The lowest BCUT2D eigenvalue weighted by molar-refractivity contribution is -0.166. The third kappa shape index (κ3) is 53.8. The fourth-order valence-electron chi connectivity index (χ4n) is 8.09. The van der Waals surface area contributed by atoms with Gasteiger partial charge in [0.2, 0.25) is 0 Å². The second-order valence-corrected chi connectivity index (χ2v) is 19.2. The van der Waals surface area contributed by atoms with E-state index in [4.69, 9.17) is 14.2 Å². The quantitative estimate of drug-likeness (QED) is 0.0262. The fourth-order valence-corrected chi connectivity index (χ4v) is 8.09. The number of allylic oxidation sites excluding steroid dienone is 12. The first-order chi connectivity index (χ1) is 33.5. The zero-order valence-electron chi connectivity index (χ0n) is 44.9. The molecule has 0 spiro atoms. The van der Waals surface area contributed by atoms with Gasteiger partial charge < -0.3 is 14.2 Å². The lowest BCUT2D eigenvalue weighted by atomic mass is 10.1. The maximum atomic E-state index is 12.9. The van der Waals surface area contributed by atoms with Gasteiger partial charge in [-0.2, -0.15) is 0 Å². The van der Waals surface area contributed by atoms with E-state index in [0.717, 1.165) is 64.2 Å². The van der Waals surface area contributed by atoms with Crippen LogP contribution in [0.1, 0.15) is 284 Å². The lowest BCUT2D eigenvalue weighted by Gasteiger charge is -2.18. The SMILES string of the molecule is CC/C=C\C/C=C\C/C=C\C/C=C\CCC(=O)OCC(COC(=O)CCCCCCCCCCC/C=C\CCCCCCCC)OC(=O)CCCCCCCCC/C=C\CCCCCCCCC. The summed E-state index contributed by atoms with van der Waals surface area (Å²) in [5.74, 6) is -0.983. The first kappa shape index (κ1) is 64.8. The van der Waals surface area contributed by atoms with Crippen molar-refractivity contribution >= 4 is 17.9 Å². The molecule has 0 bridgehead atoms. The topological polar surface area (TPSA) is 78.9 Å². The first-order valence-corrected chi connectivity index (χ1v) is 28.9. The average molecular weight is 950 g/mol. The predicted molar refractivity (Wildman–Crippen MR) is 293 cm³/mol. The molecular formula is C62H108O6. The molecule has 0 saturated carbocycles. The van der Waals surface area contributed by atoms with Crippen LogP contribution in [0.25, 0.3) is 0 Å². The van der Waals surface area contributed by atoms with E-state index in [2.05, 4.69) is 87.6 Å². The molecule has 0 amide bonds. The Hall–Kier alpha value is -3.15. The Kier molecular flexibility index (Phi) is 53.8. The van der Waals surface area contributed by atoms with E-state index in [0.29, 0.717) is 19.3 Å². The zero-order valence-corrected chi connectivity index (χ0v) is 44.9. The molecule has 0 aliphatic heterocycles. The van der Waals surface area contributed by atoms with Crippen LogP contribution in [-0.4, -0.2) is 37.2 Å². The second-order valence-electron chi connectivity index (χ2n) is 19.2. The predicted octanol–water partition coefficient (Wildman–Crippen LogP) is 19.4. The number of carbonyl (C=O) groups excluding carboxylic acids is 3. The summed E-state index contributed by atoms with van der Waals surface area (Å²) in [6.45, 7) is 6.47. The lowest BCUT2D eigenvalue weighted by Crippen LogP contribution is -2.30. The molecule has 1 unspecified atom stereocenters. The molecule has 0 aliphatic rings. The molecular weight excluding hydrogens is 841 g/mol. The Morgan fingerprint density at radius 2 is 0.603 bits per heavy atom. The number of esters is 3. The molecule has 0 rings (SSSR count). The van der Waals surface area contributed by atoms with Gasteiger partial charge in [-0.1, -0.05) is 241 Å². The summed E-state index contributed by atoms with van der Waals surface area (Å²) >= 11 is 0. The number of rotatable bonds is 52. The smallest absolute Gasteiger partial charge is 0.306 e. The molecule has 0 aromatic rings. The average Bonchev–Trinajstić information content (AvgIpc) is 3.34. The van der Waals surface area contributed by atoms with Crippen LogP contribution in [0.2, 0.25) is 0 Å². The highest BCUT2D eigenvalue weighted by Gasteiger charge is 2.19. The molecule has 0 saturated heterocycles. The summed E-state index contributed by atoms with van der Waals surface area (Å²) in [4.78, 5) is 38.1. The Morgan fingerprint density at radius 1 is 0.309 bits per heavy atom. The van der Waals surface area contributed by atoms with Gasteiger partial charge in [0, 0.05) is 19.3 Å². The number of ether oxygens (including phenoxy) is 3. The van der Waals surface area contributed by atoms with Crippen molar-refractivity contribution in [3.05, 3.63) is 72.9 Å². The molecule has 0 aromatic heterocycles. The second kappa shape index (κ2) is 56.4. The maximum absolute atomic E-state index is 12.9. The molecule has 1 atom stereocenters. The number of hydrogen-bond acceptors (Lipinski definition) is 6. The third-order valence-corrected chi connectivity index (χ3v) is 12.4. The highest BCUT2D eigenvalue weighted by molar-refractivity contribution is 5.71. The van der Waals surface area contributed by atoms with Crippen LogP contribution >= 0.6 is 0 Å². The number of carbonyl (C=O) groups is 3. The van der Waals surface area contributed by atoms with E-state index in [9.17, 15) is 14.4 Å². The highest BCUT2D eigenvalue weighted by atomic mass is 16.6. The summed E-state index contributed by atoms with van der Waals surface area (Å²) in [5.41, 5.74) is 0. The minimum atomic E-state index is -0.807. The van der Waals surface area contributed by atoms with Crippen molar-refractivity contribution in [2.45, 2.75) is 290 Å². The molecule has 392 valence electrons. The van der Waals surface area contributed by atoms with E-state index in [-0.39, 0.29) is 37.5 Å². The minimum absolute atomic E-state index is 0.0993. The van der Waals surface area contributed by atoms with E-state index in [1.165, 1.54) is 173 Å². The van der Waals surface area contributed by atoms with Crippen molar-refractivity contribution < 1.29 is 28.6 Å². The van der Waals surface area contributed by atoms with Crippen molar-refractivity contribution in [3.63, 3.8) is 0 Å². The Labute approximate surface area is 421 Å². The van der Waals surface area contributed by atoms with Crippen LogP contribution in [0.5, 0.6) is 0 Å². The van der Waals surface area contributed by atoms with Crippen molar-refractivity contribution in [3.8, 4) is 0 Å². The van der Waals surface area contributed by atoms with Crippen LogP contribution in [0.4, 0.5) is 0 Å². The summed E-state index contributed by atoms with van der Waals surface area (Å²) < 4.78 is 16.8. The van der Waals surface area contributed by atoms with Crippen molar-refractivity contribution in [2.24, 2.45) is 0 Å². The van der Waals surface area contributed by atoms with Crippen LogP contribution in [-0.2, 0) is 28.6 Å². The molecule has 68 heavy (non-hydrogen) atoms. The largest absolute Gasteiger partial charge is 0.462 e. The van der Waals surface area contributed by atoms with Crippen LogP contribution in [0, 0.1) is 0 Å². The van der Waals surface area contributed by atoms with Gasteiger partial charge in [-0.25, -0.2) is 0 Å². The van der Waals surface area contributed by atoms with E-state index in [1.807, 2.05) is 6.08 Å². The molecule has 0 radical (unpaired) electrons.